The monoisotopic (exact) mass is 374 g/mol. The molecule has 142 valence electrons. The van der Waals surface area contributed by atoms with Gasteiger partial charge in [0.25, 0.3) is 11.5 Å². The largest absolute Gasteiger partial charge is 0.292 e. The Kier molecular flexibility index (Phi) is 5.28. The van der Waals surface area contributed by atoms with Crippen molar-refractivity contribution in [2.24, 2.45) is 11.0 Å². The molecule has 4 rings (SSSR count). The molecule has 1 fully saturated rings. The van der Waals surface area contributed by atoms with Crippen LogP contribution in [0.3, 0.4) is 0 Å². The Morgan fingerprint density at radius 3 is 2.43 bits per heavy atom. The second kappa shape index (κ2) is 8.17. The zero-order chi connectivity index (χ0) is 19.3. The van der Waals surface area contributed by atoms with Crippen LogP contribution in [0.25, 0.3) is 16.5 Å². The molecule has 1 saturated carbocycles. The van der Waals surface area contributed by atoms with Crippen molar-refractivity contribution >= 4 is 22.9 Å². The van der Waals surface area contributed by atoms with Gasteiger partial charge in [0.15, 0.2) is 5.69 Å². The molecule has 0 unspecified atom stereocenters. The maximum atomic E-state index is 12.9. The number of fused-ring (bicyclic) bond motifs is 1. The van der Waals surface area contributed by atoms with Crippen LogP contribution >= 0.6 is 0 Å². The lowest BCUT2D eigenvalue weighted by Gasteiger charge is -2.16. The van der Waals surface area contributed by atoms with E-state index in [-0.39, 0.29) is 11.3 Å². The van der Waals surface area contributed by atoms with E-state index in [0.29, 0.717) is 22.4 Å². The molecular formula is C22H22N4O2. The molecule has 2 aromatic carbocycles. The predicted molar refractivity (Wildman–Crippen MR) is 110 cm³/mol. The molecular weight excluding hydrogens is 352 g/mol. The van der Waals surface area contributed by atoms with Crippen LogP contribution in [0, 0.1) is 5.92 Å². The summed E-state index contributed by atoms with van der Waals surface area (Å²) in [6.45, 7) is 0. The Labute approximate surface area is 162 Å². The third-order valence-corrected chi connectivity index (χ3v) is 5.12. The highest BCUT2D eigenvalue weighted by Gasteiger charge is 2.17. The van der Waals surface area contributed by atoms with Crippen LogP contribution in [-0.4, -0.2) is 21.9 Å². The van der Waals surface area contributed by atoms with Crippen molar-refractivity contribution in [3.05, 3.63) is 70.6 Å². The smallest absolute Gasteiger partial charge is 0.267 e. The van der Waals surface area contributed by atoms with Crippen LogP contribution < -0.4 is 11.0 Å². The molecule has 6 nitrogen and oxygen atoms in total. The number of benzene rings is 2. The standard InChI is InChI=1S/C22H22N4O2/c27-21(24-23-15-16-9-3-1-4-10-16)20-18-13-7-8-14-19(18)22(28)26(25-20)17-11-5-2-6-12-17/h2,5-8,11-16H,1,3-4,9-10H2,(H,24,27)/b23-15-. The highest BCUT2D eigenvalue weighted by atomic mass is 16.2. The quantitative estimate of drug-likeness (QED) is 0.559. The summed E-state index contributed by atoms with van der Waals surface area (Å²) in [5.41, 5.74) is 3.12. The summed E-state index contributed by atoms with van der Waals surface area (Å²) in [6, 6.07) is 16.1. The summed E-state index contributed by atoms with van der Waals surface area (Å²) >= 11 is 0. The number of carbonyl (C=O) groups is 1. The van der Waals surface area contributed by atoms with Gasteiger partial charge in [0, 0.05) is 11.6 Å². The van der Waals surface area contributed by atoms with Crippen LogP contribution in [0.15, 0.2) is 64.5 Å². The van der Waals surface area contributed by atoms with Crippen LogP contribution in [-0.2, 0) is 0 Å². The zero-order valence-corrected chi connectivity index (χ0v) is 15.5. The normalized spacial score (nSPS) is 15.1. The Balaban J connectivity index is 1.69. The van der Waals surface area contributed by atoms with Crippen molar-refractivity contribution in [3.63, 3.8) is 0 Å². The van der Waals surface area contributed by atoms with Crippen molar-refractivity contribution < 1.29 is 4.79 Å². The van der Waals surface area contributed by atoms with E-state index in [1.165, 1.54) is 23.9 Å². The molecule has 0 bridgehead atoms. The van der Waals surface area contributed by atoms with Gasteiger partial charge < -0.3 is 0 Å². The zero-order valence-electron chi connectivity index (χ0n) is 15.5. The first-order chi connectivity index (χ1) is 13.7. The number of carbonyl (C=O) groups excluding carboxylic acids is 1. The summed E-state index contributed by atoms with van der Waals surface area (Å²) in [5, 5.41) is 9.47. The van der Waals surface area contributed by atoms with Crippen LogP contribution in [0.2, 0.25) is 0 Å². The minimum atomic E-state index is -0.423. The maximum absolute atomic E-state index is 12.9. The van der Waals surface area contributed by atoms with Gasteiger partial charge in [-0.15, -0.1) is 0 Å². The van der Waals surface area contributed by atoms with Gasteiger partial charge >= 0.3 is 0 Å². The first kappa shape index (κ1) is 18.1. The predicted octanol–water partition coefficient (Wildman–Crippen LogP) is 3.68. The summed E-state index contributed by atoms with van der Waals surface area (Å²) in [5.74, 6) is -0.00929. The van der Waals surface area contributed by atoms with Crippen molar-refractivity contribution in [2.75, 3.05) is 0 Å². The molecule has 1 aromatic heterocycles. The van der Waals surface area contributed by atoms with E-state index in [1.54, 1.807) is 36.4 Å². The van der Waals surface area contributed by atoms with E-state index in [9.17, 15) is 9.59 Å². The van der Waals surface area contributed by atoms with Crippen LogP contribution in [0.4, 0.5) is 0 Å². The first-order valence-corrected chi connectivity index (χ1v) is 9.65. The fraction of sp³-hybridized carbons (Fsp3) is 0.273. The average Bonchev–Trinajstić information content (AvgIpc) is 2.75. The summed E-state index contributed by atoms with van der Waals surface area (Å²) in [4.78, 5) is 25.7. The molecule has 1 heterocycles. The van der Waals surface area contributed by atoms with Crippen molar-refractivity contribution in [3.8, 4) is 5.69 Å². The summed E-state index contributed by atoms with van der Waals surface area (Å²) in [6.07, 6.45) is 7.73. The Morgan fingerprint density at radius 1 is 1.00 bits per heavy atom. The summed E-state index contributed by atoms with van der Waals surface area (Å²) in [7, 11) is 0. The minimum Gasteiger partial charge on any atom is -0.267 e. The molecule has 1 aliphatic carbocycles. The van der Waals surface area contributed by atoms with E-state index in [0.717, 1.165) is 12.8 Å². The van der Waals surface area contributed by atoms with Gasteiger partial charge in [0.05, 0.1) is 11.1 Å². The second-order valence-electron chi connectivity index (χ2n) is 7.06. The molecule has 1 N–H and O–H groups in total. The number of hydrogen-bond donors (Lipinski definition) is 1. The molecule has 28 heavy (non-hydrogen) atoms. The molecule has 3 aromatic rings. The lowest BCUT2D eigenvalue weighted by atomic mass is 9.90. The third kappa shape index (κ3) is 3.71. The molecule has 0 radical (unpaired) electrons. The van der Waals surface area contributed by atoms with Gasteiger partial charge in [0.1, 0.15) is 0 Å². The average molecular weight is 374 g/mol. The van der Waals surface area contributed by atoms with Gasteiger partial charge in [-0.2, -0.15) is 14.9 Å². The molecule has 1 amide bonds. The fourth-order valence-electron chi connectivity index (χ4n) is 3.64. The van der Waals surface area contributed by atoms with Gasteiger partial charge in [-0.05, 0) is 37.0 Å². The minimum absolute atomic E-state index is 0.180. The fourth-order valence-corrected chi connectivity index (χ4v) is 3.64. The van der Waals surface area contributed by atoms with E-state index in [1.807, 2.05) is 24.4 Å². The molecule has 1 aliphatic rings. The van der Waals surface area contributed by atoms with Crippen LogP contribution in [0.1, 0.15) is 42.6 Å². The Morgan fingerprint density at radius 2 is 1.68 bits per heavy atom. The van der Waals surface area contributed by atoms with E-state index >= 15 is 0 Å². The summed E-state index contributed by atoms with van der Waals surface area (Å²) < 4.78 is 1.27. The maximum Gasteiger partial charge on any atom is 0.292 e. The molecule has 0 saturated heterocycles. The second-order valence-corrected chi connectivity index (χ2v) is 7.06. The number of nitrogens with zero attached hydrogens (tertiary/aromatic N) is 3. The number of rotatable bonds is 4. The number of aromatic nitrogens is 2. The van der Waals surface area contributed by atoms with Gasteiger partial charge in [-0.3, -0.25) is 9.59 Å². The van der Waals surface area contributed by atoms with Crippen molar-refractivity contribution in [1.29, 1.82) is 0 Å². The van der Waals surface area contributed by atoms with Gasteiger partial charge in [-0.25, -0.2) is 5.43 Å². The molecule has 0 spiro atoms. The number of amides is 1. The number of hydrogen-bond acceptors (Lipinski definition) is 4. The van der Waals surface area contributed by atoms with E-state index in [4.69, 9.17) is 0 Å². The highest BCUT2D eigenvalue weighted by Crippen LogP contribution is 2.21. The van der Waals surface area contributed by atoms with Gasteiger partial charge in [-0.1, -0.05) is 55.7 Å². The van der Waals surface area contributed by atoms with E-state index in [2.05, 4.69) is 15.6 Å². The lowest BCUT2D eigenvalue weighted by molar-refractivity contribution is 0.0950. The SMILES string of the molecule is O=C(N/N=C\C1CCCCC1)c1nn(-c2ccccc2)c(=O)c2ccccc12. The lowest BCUT2D eigenvalue weighted by Crippen LogP contribution is -2.28. The van der Waals surface area contributed by atoms with Crippen molar-refractivity contribution in [1.82, 2.24) is 15.2 Å². The number of hydrazone groups is 1. The number of nitrogens with one attached hydrogen (secondary N) is 1. The van der Waals surface area contributed by atoms with Crippen molar-refractivity contribution in [2.45, 2.75) is 32.1 Å². The Bertz CT molecular complexity index is 1070. The van der Waals surface area contributed by atoms with E-state index < -0.39 is 5.91 Å². The molecule has 6 heteroatoms. The molecule has 0 atom stereocenters. The van der Waals surface area contributed by atoms with Crippen LogP contribution in [0.5, 0.6) is 0 Å². The first-order valence-electron chi connectivity index (χ1n) is 9.65. The number of para-hydroxylation sites is 1. The third-order valence-electron chi connectivity index (χ3n) is 5.12. The highest BCUT2D eigenvalue weighted by molar-refractivity contribution is 6.04. The van der Waals surface area contributed by atoms with Gasteiger partial charge in [0.2, 0.25) is 0 Å². The topological polar surface area (TPSA) is 76.3 Å². The Hall–Kier alpha value is -3.28. The molecule has 0 aliphatic heterocycles.